The van der Waals surface area contributed by atoms with Crippen LogP contribution in [0.4, 0.5) is 0 Å². The maximum absolute atomic E-state index is 6.05. The molecule has 4 aromatic rings. The molecule has 1 aliphatic carbocycles. The zero-order valence-corrected chi connectivity index (χ0v) is 16.8. The molecule has 136 valence electrons. The number of halogens is 1. The predicted molar refractivity (Wildman–Crippen MR) is 120 cm³/mol. The molecule has 0 unspecified atom stereocenters. The van der Waals surface area contributed by atoms with Crippen LogP contribution in [0.5, 0.6) is 0 Å². The summed E-state index contributed by atoms with van der Waals surface area (Å²) in [4.78, 5) is 0. The molecule has 0 nitrogen and oxygen atoms in total. The highest BCUT2D eigenvalue weighted by Crippen LogP contribution is 2.49. The fourth-order valence-electron chi connectivity index (χ4n) is 4.40. The van der Waals surface area contributed by atoms with Gasteiger partial charge >= 0.3 is 0 Å². The molecule has 0 bridgehead atoms. The van der Waals surface area contributed by atoms with Gasteiger partial charge in [0.15, 0.2) is 0 Å². The van der Waals surface area contributed by atoms with Crippen molar-refractivity contribution in [2.45, 2.75) is 19.3 Å². The normalized spacial score (nSPS) is 13.8. The fraction of sp³-hybridized carbons (Fsp3) is 0.111. The lowest BCUT2D eigenvalue weighted by molar-refractivity contribution is 0.660. The summed E-state index contributed by atoms with van der Waals surface area (Å²) in [7, 11) is 0. The molecule has 0 aromatic heterocycles. The Morgan fingerprint density at radius 3 is 1.93 bits per heavy atom. The van der Waals surface area contributed by atoms with Crippen LogP contribution in [0.15, 0.2) is 91.0 Å². The summed E-state index contributed by atoms with van der Waals surface area (Å²) in [5.41, 5.74) is 10.5. The Morgan fingerprint density at radius 1 is 0.536 bits per heavy atom. The lowest BCUT2D eigenvalue weighted by Crippen LogP contribution is -2.14. The van der Waals surface area contributed by atoms with E-state index in [0.29, 0.717) is 0 Å². The minimum Gasteiger partial charge on any atom is -0.0843 e. The van der Waals surface area contributed by atoms with Crippen LogP contribution in [0.1, 0.15) is 25.0 Å². The SMILES string of the molecule is CC1(C)c2ccccc2-c2ccc(-c3cccc(-c4ccc(Cl)cc4)c3)cc21. The molecule has 0 aliphatic heterocycles. The number of fused-ring (bicyclic) bond motifs is 3. The third-order valence-electron chi connectivity index (χ3n) is 5.96. The summed E-state index contributed by atoms with van der Waals surface area (Å²) >= 11 is 6.05. The third-order valence-corrected chi connectivity index (χ3v) is 6.21. The monoisotopic (exact) mass is 380 g/mol. The van der Waals surface area contributed by atoms with E-state index in [0.717, 1.165) is 5.02 Å². The van der Waals surface area contributed by atoms with Crippen molar-refractivity contribution < 1.29 is 0 Å². The lowest BCUT2D eigenvalue weighted by atomic mass is 9.81. The van der Waals surface area contributed by atoms with Gasteiger partial charge in [0.1, 0.15) is 0 Å². The molecule has 0 radical (unpaired) electrons. The van der Waals surface area contributed by atoms with E-state index in [9.17, 15) is 0 Å². The van der Waals surface area contributed by atoms with E-state index in [4.69, 9.17) is 11.6 Å². The van der Waals surface area contributed by atoms with Crippen LogP contribution in [0.2, 0.25) is 5.02 Å². The average molecular weight is 381 g/mol. The minimum absolute atomic E-state index is 0.0235. The summed E-state index contributed by atoms with van der Waals surface area (Å²) in [6.07, 6.45) is 0. The molecule has 1 heteroatoms. The first-order chi connectivity index (χ1) is 13.5. The third kappa shape index (κ3) is 2.68. The van der Waals surface area contributed by atoms with Crippen molar-refractivity contribution in [2.75, 3.05) is 0 Å². The van der Waals surface area contributed by atoms with Gasteiger partial charge in [-0.05, 0) is 68.8 Å². The Balaban J connectivity index is 1.60. The first kappa shape index (κ1) is 17.3. The molecule has 0 amide bonds. The topological polar surface area (TPSA) is 0 Å². The molecular weight excluding hydrogens is 360 g/mol. The van der Waals surface area contributed by atoms with E-state index < -0.39 is 0 Å². The number of rotatable bonds is 2. The van der Waals surface area contributed by atoms with Gasteiger partial charge in [-0.15, -0.1) is 0 Å². The second-order valence-corrected chi connectivity index (χ2v) is 8.46. The van der Waals surface area contributed by atoms with Gasteiger partial charge in [-0.1, -0.05) is 92.2 Å². The lowest BCUT2D eigenvalue weighted by Gasteiger charge is -2.22. The molecule has 0 saturated carbocycles. The highest BCUT2D eigenvalue weighted by atomic mass is 35.5. The molecule has 0 fully saturated rings. The van der Waals surface area contributed by atoms with Crippen LogP contribution >= 0.6 is 11.6 Å². The van der Waals surface area contributed by atoms with Crippen LogP contribution in [0, 0.1) is 0 Å². The summed E-state index contributed by atoms with van der Waals surface area (Å²) in [6, 6.07) is 32.5. The highest BCUT2D eigenvalue weighted by Gasteiger charge is 2.35. The number of hydrogen-bond acceptors (Lipinski definition) is 0. The van der Waals surface area contributed by atoms with Gasteiger partial charge < -0.3 is 0 Å². The van der Waals surface area contributed by atoms with Crippen LogP contribution < -0.4 is 0 Å². The van der Waals surface area contributed by atoms with Gasteiger partial charge in [-0.25, -0.2) is 0 Å². The molecule has 0 spiro atoms. The Kier molecular flexibility index (Phi) is 3.92. The molecular formula is C27H21Cl. The summed E-state index contributed by atoms with van der Waals surface area (Å²) in [5, 5.41) is 0.764. The molecule has 0 atom stereocenters. The fourth-order valence-corrected chi connectivity index (χ4v) is 4.53. The van der Waals surface area contributed by atoms with Gasteiger partial charge in [0, 0.05) is 10.4 Å². The van der Waals surface area contributed by atoms with E-state index in [2.05, 4.69) is 92.7 Å². The average Bonchev–Trinajstić information content (AvgIpc) is 2.96. The maximum Gasteiger partial charge on any atom is 0.0406 e. The predicted octanol–water partition coefficient (Wildman–Crippen LogP) is 7.98. The molecule has 1 aliphatic rings. The highest BCUT2D eigenvalue weighted by molar-refractivity contribution is 6.30. The number of hydrogen-bond donors (Lipinski definition) is 0. The van der Waals surface area contributed by atoms with Gasteiger partial charge in [-0.2, -0.15) is 0 Å². The molecule has 0 N–H and O–H groups in total. The summed E-state index contributed by atoms with van der Waals surface area (Å²) < 4.78 is 0. The van der Waals surface area contributed by atoms with Crippen molar-refractivity contribution in [1.82, 2.24) is 0 Å². The van der Waals surface area contributed by atoms with Crippen molar-refractivity contribution in [3.8, 4) is 33.4 Å². The van der Waals surface area contributed by atoms with E-state index in [1.54, 1.807) is 0 Å². The van der Waals surface area contributed by atoms with E-state index in [-0.39, 0.29) is 5.41 Å². The van der Waals surface area contributed by atoms with Crippen LogP contribution in [0.3, 0.4) is 0 Å². The van der Waals surface area contributed by atoms with E-state index in [1.807, 2.05) is 12.1 Å². The standard InChI is InChI=1S/C27H21Cl/c1-27(2)25-9-4-3-8-23(25)24-15-12-21(17-26(24)27)20-7-5-6-19(16-20)18-10-13-22(28)14-11-18/h3-17H,1-2H3. The van der Waals surface area contributed by atoms with Gasteiger partial charge in [0.25, 0.3) is 0 Å². The Morgan fingerprint density at radius 2 is 1.14 bits per heavy atom. The Hall–Kier alpha value is -2.83. The van der Waals surface area contributed by atoms with Crippen molar-refractivity contribution in [1.29, 1.82) is 0 Å². The largest absolute Gasteiger partial charge is 0.0843 e. The minimum atomic E-state index is 0.0235. The van der Waals surface area contributed by atoms with E-state index >= 15 is 0 Å². The number of benzene rings is 4. The molecule has 0 heterocycles. The van der Waals surface area contributed by atoms with Crippen molar-refractivity contribution in [2.24, 2.45) is 0 Å². The molecule has 5 rings (SSSR count). The smallest absolute Gasteiger partial charge is 0.0406 e. The quantitative estimate of drug-likeness (QED) is 0.330. The first-order valence-electron chi connectivity index (χ1n) is 9.65. The summed E-state index contributed by atoms with van der Waals surface area (Å²) in [6.45, 7) is 4.65. The van der Waals surface area contributed by atoms with Gasteiger partial charge in [-0.3, -0.25) is 0 Å². The van der Waals surface area contributed by atoms with Gasteiger partial charge in [0.2, 0.25) is 0 Å². The zero-order chi connectivity index (χ0) is 19.3. The zero-order valence-electron chi connectivity index (χ0n) is 16.0. The van der Waals surface area contributed by atoms with Crippen molar-refractivity contribution in [3.05, 3.63) is 107 Å². The molecule has 4 aromatic carbocycles. The van der Waals surface area contributed by atoms with Crippen LogP contribution in [-0.4, -0.2) is 0 Å². The second-order valence-electron chi connectivity index (χ2n) is 8.02. The molecule has 28 heavy (non-hydrogen) atoms. The molecule has 0 saturated heterocycles. The second kappa shape index (κ2) is 6.36. The van der Waals surface area contributed by atoms with Crippen molar-refractivity contribution in [3.63, 3.8) is 0 Å². The van der Waals surface area contributed by atoms with Crippen LogP contribution in [-0.2, 0) is 5.41 Å². The Labute approximate surface area is 171 Å². The Bertz CT molecular complexity index is 1180. The maximum atomic E-state index is 6.05. The van der Waals surface area contributed by atoms with Crippen molar-refractivity contribution >= 4 is 11.6 Å². The summed E-state index contributed by atoms with van der Waals surface area (Å²) in [5.74, 6) is 0. The first-order valence-corrected chi connectivity index (χ1v) is 10.0. The van der Waals surface area contributed by atoms with Gasteiger partial charge in [0.05, 0.1) is 0 Å². The van der Waals surface area contributed by atoms with Crippen LogP contribution in [0.25, 0.3) is 33.4 Å². The van der Waals surface area contributed by atoms with E-state index in [1.165, 1.54) is 44.5 Å².